The van der Waals surface area contributed by atoms with Crippen molar-refractivity contribution < 1.29 is 19.4 Å². The van der Waals surface area contributed by atoms with E-state index >= 15 is 0 Å². The van der Waals surface area contributed by atoms with Crippen LogP contribution in [0.3, 0.4) is 0 Å². The van der Waals surface area contributed by atoms with Crippen molar-refractivity contribution in [2.24, 2.45) is 0 Å². The zero-order valence-corrected chi connectivity index (χ0v) is 12.1. The van der Waals surface area contributed by atoms with Crippen LogP contribution in [0.15, 0.2) is 18.3 Å². The molecule has 1 N–H and O–H groups in total. The summed E-state index contributed by atoms with van der Waals surface area (Å²) in [5.41, 5.74) is 1.20. The molecule has 0 bridgehead atoms. The van der Waals surface area contributed by atoms with Crippen LogP contribution < -0.4 is 0 Å². The average Bonchev–Trinajstić information content (AvgIpc) is 2.87. The van der Waals surface area contributed by atoms with E-state index in [-0.39, 0.29) is 18.9 Å². The largest absolute Gasteiger partial charge is 0.481 e. The highest BCUT2D eigenvalue weighted by molar-refractivity contribution is 5.94. The van der Waals surface area contributed by atoms with Crippen LogP contribution in [0.5, 0.6) is 0 Å². The summed E-state index contributed by atoms with van der Waals surface area (Å²) in [6.45, 7) is 2.89. The standard InChI is InChI=1S/C14H16N4O4/c1-9-15-16-12-3-2-10(7-18(9)12)14(21)17-4-5-22-11(8-17)6-13(19)20/h2-3,7,11H,4-6,8H2,1H3,(H,19,20). The van der Waals surface area contributed by atoms with Gasteiger partial charge in [0.15, 0.2) is 5.65 Å². The molecule has 8 heteroatoms. The molecule has 2 aromatic heterocycles. The van der Waals surface area contributed by atoms with Gasteiger partial charge in [-0.05, 0) is 19.1 Å². The maximum Gasteiger partial charge on any atom is 0.306 e. The molecule has 1 atom stereocenters. The first-order chi connectivity index (χ1) is 10.5. The molecule has 3 heterocycles. The number of aryl methyl sites for hydroxylation is 1. The lowest BCUT2D eigenvalue weighted by Gasteiger charge is -2.32. The summed E-state index contributed by atoms with van der Waals surface area (Å²) >= 11 is 0. The fourth-order valence-electron chi connectivity index (χ4n) is 2.54. The van der Waals surface area contributed by atoms with E-state index in [1.54, 1.807) is 27.6 Å². The van der Waals surface area contributed by atoms with Crippen LogP contribution in [0.1, 0.15) is 22.6 Å². The van der Waals surface area contributed by atoms with Crippen molar-refractivity contribution >= 4 is 17.5 Å². The average molecular weight is 304 g/mol. The summed E-state index contributed by atoms with van der Waals surface area (Å²) in [5, 5.41) is 16.8. The molecule has 1 aliphatic rings. The van der Waals surface area contributed by atoms with Gasteiger partial charge >= 0.3 is 5.97 Å². The van der Waals surface area contributed by atoms with Gasteiger partial charge in [-0.2, -0.15) is 0 Å². The number of aliphatic carboxylic acids is 1. The minimum absolute atomic E-state index is 0.104. The molecule has 1 amide bonds. The van der Waals surface area contributed by atoms with Crippen LogP contribution in [0.4, 0.5) is 0 Å². The molecule has 0 saturated carbocycles. The molecule has 1 aliphatic heterocycles. The molecule has 22 heavy (non-hydrogen) atoms. The van der Waals surface area contributed by atoms with Gasteiger partial charge in [0.05, 0.1) is 24.7 Å². The normalized spacial score (nSPS) is 18.6. The van der Waals surface area contributed by atoms with Crippen molar-refractivity contribution in [2.45, 2.75) is 19.4 Å². The summed E-state index contributed by atoms with van der Waals surface area (Å²) in [5.74, 6) is -0.370. The van der Waals surface area contributed by atoms with E-state index in [2.05, 4.69) is 10.2 Å². The number of carbonyl (C=O) groups excluding carboxylic acids is 1. The molecule has 3 rings (SSSR count). The fraction of sp³-hybridized carbons (Fsp3) is 0.429. The molecule has 0 spiro atoms. The molecule has 0 radical (unpaired) electrons. The quantitative estimate of drug-likeness (QED) is 0.879. The van der Waals surface area contributed by atoms with Gasteiger partial charge in [0.1, 0.15) is 5.82 Å². The Balaban J connectivity index is 1.79. The van der Waals surface area contributed by atoms with E-state index in [1.807, 2.05) is 6.92 Å². The van der Waals surface area contributed by atoms with Crippen molar-refractivity contribution in [1.82, 2.24) is 19.5 Å². The number of hydrogen-bond donors (Lipinski definition) is 1. The first-order valence-electron chi connectivity index (χ1n) is 6.98. The second-order valence-corrected chi connectivity index (χ2v) is 5.24. The van der Waals surface area contributed by atoms with Crippen molar-refractivity contribution in [3.05, 3.63) is 29.7 Å². The summed E-state index contributed by atoms with van der Waals surface area (Å²) in [4.78, 5) is 25.0. The lowest BCUT2D eigenvalue weighted by Crippen LogP contribution is -2.46. The number of carbonyl (C=O) groups is 2. The topological polar surface area (TPSA) is 97.0 Å². The third-order valence-electron chi connectivity index (χ3n) is 3.65. The van der Waals surface area contributed by atoms with E-state index in [1.165, 1.54) is 0 Å². The number of carboxylic acid groups (broad SMARTS) is 1. The molecule has 1 unspecified atom stereocenters. The second-order valence-electron chi connectivity index (χ2n) is 5.24. The number of amides is 1. The molecule has 0 aromatic carbocycles. The van der Waals surface area contributed by atoms with E-state index in [9.17, 15) is 9.59 Å². The Kier molecular flexibility index (Phi) is 3.76. The molecule has 1 fully saturated rings. The highest BCUT2D eigenvalue weighted by Crippen LogP contribution is 2.14. The van der Waals surface area contributed by atoms with E-state index in [0.29, 0.717) is 30.2 Å². The third-order valence-corrected chi connectivity index (χ3v) is 3.65. The minimum Gasteiger partial charge on any atom is -0.481 e. The van der Waals surface area contributed by atoms with Crippen LogP contribution in [-0.4, -0.2) is 62.3 Å². The van der Waals surface area contributed by atoms with Gasteiger partial charge in [-0.1, -0.05) is 0 Å². The van der Waals surface area contributed by atoms with Crippen LogP contribution in [0, 0.1) is 6.92 Å². The summed E-state index contributed by atoms with van der Waals surface area (Å²) in [6.07, 6.45) is 1.14. The highest BCUT2D eigenvalue weighted by Gasteiger charge is 2.26. The predicted molar refractivity (Wildman–Crippen MR) is 75.6 cm³/mol. The maximum absolute atomic E-state index is 12.6. The van der Waals surface area contributed by atoms with Crippen LogP contribution in [0.25, 0.3) is 5.65 Å². The Morgan fingerprint density at radius 1 is 1.41 bits per heavy atom. The Hall–Kier alpha value is -2.48. The number of aromatic nitrogens is 3. The zero-order chi connectivity index (χ0) is 15.7. The van der Waals surface area contributed by atoms with Crippen molar-refractivity contribution in [2.75, 3.05) is 19.7 Å². The first-order valence-corrected chi connectivity index (χ1v) is 6.98. The lowest BCUT2D eigenvalue weighted by atomic mass is 10.1. The van der Waals surface area contributed by atoms with Crippen LogP contribution in [0.2, 0.25) is 0 Å². The number of rotatable bonds is 3. The van der Waals surface area contributed by atoms with Gasteiger partial charge in [-0.25, -0.2) is 0 Å². The van der Waals surface area contributed by atoms with E-state index in [4.69, 9.17) is 9.84 Å². The fourth-order valence-corrected chi connectivity index (χ4v) is 2.54. The van der Waals surface area contributed by atoms with Crippen molar-refractivity contribution in [1.29, 1.82) is 0 Å². The molecule has 1 saturated heterocycles. The SMILES string of the molecule is Cc1nnc2ccc(C(=O)N3CCOC(CC(=O)O)C3)cn12. The van der Waals surface area contributed by atoms with E-state index in [0.717, 1.165) is 0 Å². The first kappa shape index (κ1) is 14.5. The van der Waals surface area contributed by atoms with Gasteiger partial charge in [0.2, 0.25) is 0 Å². The molecule has 2 aromatic rings. The minimum atomic E-state index is -0.930. The molecular weight excluding hydrogens is 288 g/mol. The Labute approximate surface area is 126 Å². The number of pyridine rings is 1. The zero-order valence-electron chi connectivity index (χ0n) is 12.1. The second kappa shape index (κ2) is 5.72. The van der Waals surface area contributed by atoms with Crippen LogP contribution in [-0.2, 0) is 9.53 Å². The van der Waals surface area contributed by atoms with E-state index < -0.39 is 12.1 Å². The van der Waals surface area contributed by atoms with Gasteiger partial charge in [-0.3, -0.25) is 14.0 Å². The van der Waals surface area contributed by atoms with Gasteiger partial charge < -0.3 is 14.7 Å². The highest BCUT2D eigenvalue weighted by atomic mass is 16.5. The molecular formula is C14H16N4O4. The maximum atomic E-state index is 12.6. The number of morpholine rings is 1. The summed E-state index contributed by atoms with van der Waals surface area (Å²) < 4.78 is 7.13. The van der Waals surface area contributed by atoms with Crippen LogP contribution >= 0.6 is 0 Å². The number of nitrogens with zero attached hydrogens (tertiary/aromatic N) is 4. The number of carboxylic acids is 1. The van der Waals surface area contributed by atoms with Crippen molar-refractivity contribution in [3.63, 3.8) is 0 Å². The number of ether oxygens (including phenoxy) is 1. The van der Waals surface area contributed by atoms with Gasteiger partial charge in [-0.15, -0.1) is 10.2 Å². The molecule has 116 valence electrons. The molecule has 0 aliphatic carbocycles. The Bertz CT molecular complexity index is 727. The van der Waals surface area contributed by atoms with Crippen molar-refractivity contribution in [3.8, 4) is 0 Å². The number of fused-ring (bicyclic) bond motifs is 1. The molecule has 8 nitrogen and oxygen atoms in total. The number of hydrogen-bond acceptors (Lipinski definition) is 5. The lowest BCUT2D eigenvalue weighted by molar-refractivity contribution is -0.141. The smallest absolute Gasteiger partial charge is 0.306 e. The Morgan fingerprint density at radius 2 is 2.23 bits per heavy atom. The Morgan fingerprint density at radius 3 is 3.00 bits per heavy atom. The van der Waals surface area contributed by atoms with Gasteiger partial charge in [0.25, 0.3) is 5.91 Å². The summed E-state index contributed by atoms with van der Waals surface area (Å²) in [6, 6.07) is 3.44. The summed E-state index contributed by atoms with van der Waals surface area (Å²) in [7, 11) is 0. The third kappa shape index (κ3) is 2.77. The van der Waals surface area contributed by atoms with Gasteiger partial charge in [0, 0.05) is 19.3 Å². The monoisotopic (exact) mass is 304 g/mol. The predicted octanol–water partition coefficient (Wildman–Crippen LogP) is 0.353.